The minimum absolute atomic E-state index is 0.424. The molecule has 2 aromatic rings. The van der Waals surface area contributed by atoms with Crippen LogP contribution < -0.4 is 0 Å². The summed E-state index contributed by atoms with van der Waals surface area (Å²) in [6.45, 7) is 2.79. The van der Waals surface area contributed by atoms with E-state index >= 15 is 0 Å². The highest BCUT2D eigenvalue weighted by Crippen LogP contribution is 2.15. The van der Waals surface area contributed by atoms with Crippen LogP contribution in [0, 0.1) is 0 Å². The number of nitrogens with zero attached hydrogens (tertiary/aromatic N) is 1. The van der Waals surface area contributed by atoms with E-state index in [0.29, 0.717) is 5.56 Å². The number of aromatic carboxylic acids is 1. The summed E-state index contributed by atoms with van der Waals surface area (Å²) in [4.78, 5) is 11.1. The van der Waals surface area contributed by atoms with Gasteiger partial charge < -0.3 is 9.67 Å². The van der Waals surface area contributed by atoms with Crippen molar-refractivity contribution in [2.45, 2.75) is 26.3 Å². The van der Waals surface area contributed by atoms with Crippen molar-refractivity contribution in [3.05, 3.63) is 59.4 Å². The van der Waals surface area contributed by atoms with E-state index in [0.717, 1.165) is 25.1 Å². The zero-order chi connectivity index (χ0) is 13.0. The SMILES string of the molecule is CCCc1c(C(=O)O)ccn1Cc1ccccc1. The quantitative estimate of drug-likeness (QED) is 0.876. The molecule has 94 valence electrons. The summed E-state index contributed by atoms with van der Waals surface area (Å²) in [5, 5.41) is 9.16. The smallest absolute Gasteiger partial charge is 0.337 e. The number of rotatable bonds is 5. The first-order chi connectivity index (χ1) is 8.72. The summed E-state index contributed by atoms with van der Waals surface area (Å²) in [5.74, 6) is -0.842. The van der Waals surface area contributed by atoms with E-state index in [4.69, 9.17) is 5.11 Å². The summed E-state index contributed by atoms with van der Waals surface area (Å²) in [6, 6.07) is 11.8. The molecule has 1 aromatic heterocycles. The number of hydrogen-bond donors (Lipinski definition) is 1. The number of carboxylic acid groups (broad SMARTS) is 1. The third-order valence-corrected chi connectivity index (χ3v) is 2.99. The van der Waals surface area contributed by atoms with Gasteiger partial charge >= 0.3 is 5.97 Å². The van der Waals surface area contributed by atoms with Crippen LogP contribution >= 0.6 is 0 Å². The largest absolute Gasteiger partial charge is 0.478 e. The maximum absolute atomic E-state index is 11.1. The second-order valence-electron chi connectivity index (χ2n) is 4.34. The van der Waals surface area contributed by atoms with Gasteiger partial charge in [-0.05, 0) is 18.1 Å². The summed E-state index contributed by atoms with van der Waals surface area (Å²) >= 11 is 0. The maximum Gasteiger partial charge on any atom is 0.337 e. The van der Waals surface area contributed by atoms with Crippen molar-refractivity contribution in [3.8, 4) is 0 Å². The van der Waals surface area contributed by atoms with E-state index < -0.39 is 5.97 Å². The molecule has 0 unspecified atom stereocenters. The van der Waals surface area contributed by atoms with Gasteiger partial charge in [0.05, 0.1) is 5.56 Å². The van der Waals surface area contributed by atoms with Crippen LogP contribution in [0.4, 0.5) is 0 Å². The Labute approximate surface area is 107 Å². The van der Waals surface area contributed by atoms with E-state index in [1.807, 2.05) is 29.0 Å². The maximum atomic E-state index is 11.1. The van der Waals surface area contributed by atoms with Gasteiger partial charge in [-0.3, -0.25) is 0 Å². The van der Waals surface area contributed by atoms with Gasteiger partial charge in [-0.15, -0.1) is 0 Å². The van der Waals surface area contributed by atoms with Crippen LogP contribution in [-0.4, -0.2) is 15.6 Å². The average molecular weight is 243 g/mol. The van der Waals surface area contributed by atoms with Gasteiger partial charge in [-0.25, -0.2) is 4.79 Å². The highest BCUT2D eigenvalue weighted by atomic mass is 16.4. The second kappa shape index (κ2) is 5.54. The number of carboxylic acids is 1. The zero-order valence-electron chi connectivity index (χ0n) is 10.5. The first-order valence-corrected chi connectivity index (χ1v) is 6.17. The lowest BCUT2D eigenvalue weighted by atomic mass is 10.1. The monoisotopic (exact) mass is 243 g/mol. The zero-order valence-corrected chi connectivity index (χ0v) is 10.5. The minimum atomic E-state index is -0.842. The molecular formula is C15H17NO2. The predicted octanol–water partition coefficient (Wildman–Crippen LogP) is 3.19. The molecule has 0 atom stereocenters. The molecule has 0 spiro atoms. The Bertz CT molecular complexity index is 529. The van der Waals surface area contributed by atoms with Crippen molar-refractivity contribution in [2.24, 2.45) is 0 Å². The Hall–Kier alpha value is -2.03. The molecule has 0 bridgehead atoms. The van der Waals surface area contributed by atoms with E-state index in [1.54, 1.807) is 6.07 Å². The molecule has 0 fully saturated rings. The fourth-order valence-electron chi connectivity index (χ4n) is 2.14. The van der Waals surface area contributed by atoms with Crippen molar-refractivity contribution in [3.63, 3.8) is 0 Å². The lowest BCUT2D eigenvalue weighted by Crippen LogP contribution is -2.07. The molecule has 3 nitrogen and oxygen atoms in total. The summed E-state index contributed by atoms with van der Waals surface area (Å²) in [5.41, 5.74) is 2.52. The molecule has 1 N–H and O–H groups in total. The van der Waals surface area contributed by atoms with Crippen LogP contribution in [0.2, 0.25) is 0 Å². The summed E-state index contributed by atoms with van der Waals surface area (Å²) in [7, 11) is 0. The topological polar surface area (TPSA) is 42.2 Å². The fourth-order valence-corrected chi connectivity index (χ4v) is 2.14. The van der Waals surface area contributed by atoms with Gasteiger partial charge in [0.15, 0.2) is 0 Å². The molecule has 0 amide bonds. The van der Waals surface area contributed by atoms with Gasteiger partial charge in [-0.2, -0.15) is 0 Å². The molecule has 0 aliphatic heterocycles. The van der Waals surface area contributed by atoms with E-state index in [2.05, 4.69) is 19.1 Å². The van der Waals surface area contributed by atoms with Gasteiger partial charge in [0.1, 0.15) is 0 Å². The van der Waals surface area contributed by atoms with Crippen molar-refractivity contribution in [1.29, 1.82) is 0 Å². The van der Waals surface area contributed by atoms with E-state index in [9.17, 15) is 4.79 Å². The number of aromatic nitrogens is 1. The molecule has 0 saturated heterocycles. The third kappa shape index (κ3) is 2.62. The van der Waals surface area contributed by atoms with E-state index in [-0.39, 0.29) is 0 Å². The Morgan fingerprint density at radius 1 is 1.22 bits per heavy atom. The molecular weight excluding hydrogens is 226 g/mol. The second-order valence-corrected chi connectivity index (χ2v) is 4.34. The van der Waals surface area contributed by atoms with Crippen LogP contribution in [0.3, 0.4) is 0 Å². The lowest BCUT2D eigenvalue weighted by molar-refractivity contribution is 0.0695. The van der Waals surface area contributed by atoms with Crippen LogP contribution in [-0.2, 0) is 13.0 Å². The molecule has 18 heavy (non-hydrogen) atoms. The molecule has 1 heterocycles. The van der Waals surface area contributed by atoms with Crippen molar-refractivity contribution < 1.29 is 9.90 Å². The Balaban J connectivity index is 2.30. The van der Waals surface area contributed by atoms with E-state index in [1.165, 1.54) is 5.56 Å². The molecule has 0 saturated carbocycles. The summed E-state index contributed by atoms with van der Waals surface area (Å²) < 4.78 is 2.03. The number of carbonyl (C=O) groups is 1. The molecule has 1 aromatic carbocycles. The van der Waals surface area contributed by atoms with Crippen LogP contribution in [0.25, 0.3) is 0 Å². The van der Waals surface area contributed by atoms with Gasteiger partial charge in [0, 0.05) is 18.4 Å². The third-order valence-electron chi connectivity index (χ3n) is 2.99. The molecule has 0 radical (unpaired) electrons. The highest BCUT2D eigenvalue weighted by Gasteiger charge is 2.14. The van der Waals surface area contributed by atoms with Crippen LogP contribution in [0.1, 0.15) is 35.0 Å². The van der Waals surface area contributed by atoms with Gasteiger partial charge in [0.2, 0.25) is 0 Å². The molecule has 0 aliphatic rings. The van der Waals surface area contributed by atoms with Crippen LogP contribution in [0.5, 0.6) is 0 Å². The normalized spacial score (nSPS) is 10.5. The molecule has 0 aliphatic carbocycles. The Morgan fingerprint density at radius 3 is 2.56 bits per heavy atom. The molecule has 2 rings (SSSR count). The minimum Gasteiger partial charge on any atom is -0.478 e. The van der Waals surface area contributed by atoms with Crippen molar-refractivity contribution in [2.75, 3.05) is 0 Å². The van der Waals surface area contributed by atoms with Crippen molar-refractivity contribution in [1.82, 2.24) is 4.57 Å². The van der Waals surface area contributed by atoms with Crippen molar-refractivity contribution >= 4 is 5.97 Å². The number of hydrogen-bond acceptors (Lipinski definition) is 1. The highest BCUT2D eigenvalue weighted by molar-refractivity contribution is 5.89. The number of benzene rings is 1. The Morgan fingerprint density at radius 2 is 1.94 bits per heavy atom. The average Bonchev–Trinajstić information content (AvgIpc) is 2.74. The lowest BCUT2D eigenvalue weighted by Gasteiger charge is -2.09. The molecule has 3 heteroatoms. The fraction of sp³-hybridized carbons (Fsp3) is 0.267. The van der Waals surface area contributed by atoms with Crippen LogP contribution in [0.15, 0.2) is 42.6 Å². The van der Waals surface area contributed by atoms with Gasteiger partial charge in [-0.1, -0.05) is 43.7 Å². The first kappa shape index (κ1) is 12.4. The standard InChI is InChI=1S/C15H17NO2/c1-2-6-14-13(15(17)18)9-10-16(14)11-12-7-4-3-5-8-12/h3-5,7-10H,2,6,11H2,1H3,(H,17,18). The van der Waals surface area contributed by atoms with Gasteiger partial charge in [0.25, 0.3) is 0 Å². The predicted molar refractivity (Wildman–Crippen MR) is 70.9 cm³/mol. The Kier molecular flexibility index (Phi) is 3.82. The first-order valence-electron chi connectivity index (χ1n) is 6.17. The summed E-state index contributed by atoms with van der Waals surface area (Å²) in [6.07, 6.45) is 3.60.